The summed E-state index contributed by atoms with van der Waals surface area (Å²) in [4.78, 5) is 15.8. The summed E-state index contributed by atoms with van der Waals surface area (Å²) in [5.41, 5.74) is 0.578. The number of anilines is 4. The molecule has 0 fully saturated rings. The molecule has 0 radical (unpaired) electrons. The van der Waals surface area contributed by atoms with E-state index < -0.39 is 27.6 Å². The van der Waals surface area contributed by atoms with Gasteiger partial charge in [0.05, 0.1) is 6.26 Å². The maximum absolute atomic E-state index is 13.5. The largest absolute Gasteiger partial charge is 0.421 e. The number of hydrogen-bond donors (Lipinski definition) is 2. The molecule has 170 valence electrons. The molecule has 3 aromatic rings. The molecule has 0 spiro atoms. The van der Waals surface area contributed by atoms with Crippen molar-refractivity contribution in [2.75, 3.05) is 28.2 Å². The van der Waals surface area contributed by atoms with Crippen molar-refractivity contribution >= 4 is 33.3 Å². The highest BCUT2D eigenvalue weighted by Gasteiger charge is 2.35. The van der Waals surface area contributed by atoms with Gasteiger partial charge < -0.3 is 10.6 Å². The second-order valence-electron chi connectivity index (χ2n) is 6.83. The fourth-order valence-electron chi connectivity index (χ4n) is 2.72. The second kappa shape index (κ2) is 8.94. The summed E-state index contributed by atoms with van der Waals surface area (Å²) in [6, 6.07) is 6.44. The maximum atomic E-state index is 13.5. The summed E-state index contributed by atoms with van der Waals surface area (Å²) in [5.74, 6) is -0.418. The van der Waals surface area contributed by atoms with E-state index in [1.54, 1.807) is 37.4 Å². The summed E-state index contributed by atoms with van der Waals surface area (Å²) in [6.45, 7) is 1.61. The van der Waals surface area contributed by atoms with Gasteiger partial charge >= 0.3 is 6.18 Å². The first kappa shape index (κ1) is 23.2. The molecule has 0 aliphatic heterocycles. The van der Waals surface area contributed by atoms with Gasteiger partial charge in [-0.3, -0.25) is 9.29 Å². The van der Waals surface area contributed by atoms with Crippen LogP contribution in [0.25, 0.3) is 0 Å². The standard InChI is InChI=1S/C19H20F3N7O2S/c1-12-9-14(6-8-23-12)27-18-26-11-15(19(20,21)22)16(28-18)25-10-13-5-4-7-24-17(13)29(2)32(3,30)31/h4-9,11H,10H2,1-3H3,(H2,23,25,26,27,28). The average Bonchev–Trinajstić information content (AvgIpc) is 2.70. The van der Waals surface area contributed by atoms with Crippen LogP contribution in [0, 0.1) is 6.92 Å². The van der Waals surface area contributed by atoms with Gasteiger partial charge in [-0.05, 0) is 25.1 Å². The van der Waals surface area contributed by atoms with E-state index >= 15 is 0 Å². The Morgan fingerprint density at radius 3 is 2.53 bits per heavy atom. The van der Waals surface area contributed by atoms with Crippen LogP contribution in [-0.2, 0) is 22.7 Å². The monoisotopic (exact) mass is 467 g/mol. The number of pyridine rings is 2. The molecular formula is C19H20F3N7O2S. The van der Waals surface area contributed by atoms with Gasteiger partial charge in [-0.1, -0.05) is 6.07 Å². The quantitative estimate of drug-likeness (QED) is 0.544. The van der Waals surface area contributed by atoms with E-state index in [1.165, 1.54) is 13.2 Å². The molecule has 0 saturated carbocycles. The SMILES string of the molecule is Cc1cc(Nc2ncc(C(F)(F)F)c(NCc3cccnc3N(C)S(C)(=O)=O)n2)ccn1. The second-order valence-corrected chi connectivity index (χ2v) is 8.85. The van der Waals surface area contributed by atoms with Crippen molar-refractivity contribution in [3.8, 4) is 0 Å². The summed E-state index contributed by atoms with van der Waals surface area (Å²) in [5, 5.41) is 5.48. The molecule has 13 heteroatoms. The van der Waals surface area contributed by atoms with Gasteiger partial charge in [-0.2, -0.15) is 18.2 Å². The topological polar surface area (TPSA) is 113 Å². The first-order valence-corrected chi connectivity index (χ1v) is 11.1. The lowest BCUT2D eigenvalue weighted by Gasteiger charge is -2.20. The lowest BCUT2D eigenvalue weighted by molar-refractivity contribution is -0.137. The Morgan fingerprint density at radius 1 is 1.12 bits per heavy atom. The highest BCUT2D eigenvalue weighted by molar-refractivity contribution is 7.92. The predicted octanol–water partition coefficient (Wildman–Crippen LogP) is 3.35. The van der Waals surface area contributed by atoms with Crippen molar-refractivity contribution in [3.63, 3.8) is 0 Å². The number of nitrogens with zero attached hydrogens (tertiary/aromatic N) is 5. The fourth-order valence-corrected chi connectivity index (χ4v) is 3.20. The predicted molar refractivity (Wildman–Crippen MR) is 114 cm³/mol. The molecule has 3 rings (SSSR count). The Kier molecular flexibility index (Phi) is 6.48. The van der Waals surface area contributed by atoms with Crippen LogP contribution < -0.4 is 14.9 Å². The smallest absolute Gasteiger partial charge is 0.365 e. The number of rotatable bonds is 7. The Balaban J connectivity index is 1.92. The Hall–Kier alpha value is -3.48. The number of alkyl halides is 3. The zero-order chi connectivity index (χ0) is 23.5. The molecule has 0 aliphatic rings. The molecular weight excluding hydrogens is 447 g/mol. The molecule has 0 bridgehead atoms. The van der Waals surface area contributed by atoms with Crippen LogP contribution in [0.4, 0.5) is 36.4 Å². The van der Waals surface area contributed by atoms with Crippen molar-refractivity contribution < 1.29 is 21.6 Å². The summed E-state index contributed by atoms with van der Waals surface area (Å²) in [7, 11) is -2.30. The maximum Gasteiger partial charge on any atom is 0.421 e. The minimum absolute atomic E-state index is 0.0502. The zero-order valence-electron chi connectivity index (χ0n) is 17.3. The number of aromatic nitrogens is 4. The summed E-state index contributed by atoms with van der Waals surface area (Å²) >= 11 is 0. The number of sulfonamides is 1. The zero-order valence-corrected chi connectivity index (χ0v) is 18.2. The van der Waals surface area contributed by atoms with Crippen molar-refractivity contribution in [2.45, 2.75) is 19.6 Å². The molecule has 0 unspecified atom stereocenters. The third kappa shape index (κ3) is 5.60. The van der Waals surface area contributed by atoms with Crippen LogP contribution in [0.3, 0.4) is 0 Å². The third-order valence-electron chi connectivity index (χ3n) is 4.36. The van der Waals surface area contributed by atoms with Gasteiger partial charge in [0.2, 0.25) is 16.0 Å². The van der Waals surface area contributed by atoms with Gasteiger partial charge in [0.25, 0.3) is 0 Å². The van der Waals surface area contributed by atoms with E-state index in [4.69, 9.17) is 0 Å². The minimum atomic E-state index is -4.70. The van der Waals surface area contributed by atoms with E-state index in [1.807, 2.05) is 0 Å². The molecule has 2 N–H and O–H groups in total. The summed E-state index contributed by atoms with van der Waals surface area (Å²) in [6.07, 6.45) is -0.0774. The highest BCUT2D eigenvalue weighted by Crippen LogP contribution is 2.34. The van der Waals surface area contributed by atoms with Crippen LogP contribution in [0.2, 0.25) is 0 Å². The lowest BCUT2D eigenvalue weighted by atomic mass is 10.2. The van der Waals surface area contributed by atoms with Crippen LogP contribution in [0.5, 0.6) is 0 Å². The number of hydrogen-bond acceptors (Lipinski definition) is 8. The van der Waals surface area contributed by atoms with E-state index in [9.17, 15) is 21.6 Å². The van der Waals surface area contributed by atoms with Gasteiger partial charge in [0, 0.05) is 49.1 Å². The molecule has 9 nitrogen and oxygen atoms in total. The Bertz CT molecular complexity index is 1220. The molecule has 0 aliphatic carbocycles. The number of nitrogens with one attached hydrogen (secondary N) is 2. The van der Waals surface area contributed by atoms with Gasteiger partial charge in [0.15, 0.2) is 0 Å². The highest BCUT2D eigenvalue weighted by atomic mass is 32.2. The van der Waals surface area contributed by atoms with Crippen molar-refractivity contribution in [2.24, 2.45) is 0 Å². The van der Waals surface area contributed by atoms with Crippen LogP contribution >= 0.6 is 0 Å². The number of aryl methyl sites for hydroxylation is 1. The van der Waals surface area contributed by atoms with Crippen molar-refractivity contribution in [3.05, 3.63) is 59.7 Å². The first-order valence-electron chi connectivity index (χ1n) is 9.21. The van der Waals surface area contributed by atoms with Crippen LogP contribution in [0.15, 0.2) is 42.9 Å². The third-order valence-corrected chi connectivity index (χ3v) is 5.52. The van der Waals surface area contributed by atoms with Gasteiger partial charge in [-0.25, -0.2) is 18.4 Å². The fraction of sp³-hybridized carbons (Fsp3) is 0.263. The molecule has 0 aromatic carbocycles. The first-order chi connectivity index (χ1) is 14.9. The molecule has 3 aromatic heterocycles. The van der Waals surface area contributed by atoms with Crippen LogP contribution in [0.1, 0.15) is 16.8 Å². The minimum Gasteiger partial charge on any atom is -0.365 e. The molecule has 0 saturated heterocycles. The van der Waals surface area contributed by atoms with Gasteiger partial charge in [0.1, 0.15) is 17.2 Å². The average molecular weight is 467 g/mol. The number of halogens is 3. The molecule has 0 amide bonds. The van der Waals surface area contributed by atoms with E-state index in [-0.39, 0.29) is 18.3 Å². The van der Waals surface area contributed by atoms with E-state index in [0.717, 1.165) is 10.6 Å². The molecule has 32 heavy (non-hydrogen) atoms. The van der Waals surface area contributed by atoms with Crippen molar-refractivity contribution in [1.82, 2.24) is 19.9 Å². The van der Waals surface area contributed by atoms with E-state index in [2.05, 4.69) is 30.6 Å². The van der Waals surface area contributed by atoms with E-state index in [0.29, 0.717) is 23.1 Å². The van der Waals surface area contributed by atoms with Crippen LogP contribution in [-0.4, -0.2) is 41.7 Å². The Morgan fingerprint density at radius 2 is 1.88 bits per heavy atom. The summed E-state index contributed by atoms with van der Waals surface area (Å²) < 4.78 is 65.2. The lowest BCUT2D eigenvalue weighted by Crippen LogP contribution is -2.27. The molecule has 3 heterocycles. The van der Waals surface area contributed by atoms with Gasteiger partial charge in [-0.15, -0.1) is 0 Å². The molecule has 0 atom stereocenters. The normalized spacial score (nSPS) is 11.8. The Labute approximate surface area is 182 Å². The van der Waals surface area contributed by atoms with Crippen molar-refractivity contribution in [1.29, 1.82) is 0 Å².